The summed E-state index contributed by atoms with van der Waals surface area (Å²) in [6.45, 7) is 4.44. The number of rotatable bonds is 5. The first-order chi connectivity index (χ1) is 18.1. The number of ether oxygens (including phenoxy) is 1. The second-order valence-electron chi connectivity index (χ2n) is 9.22. The van der Waals surface area contributed by atoms with Crippen LogP contribution < -0.4 is 4.90 Å². The zero-order valence-corrected chi connectivity index (χ0v) is 20.8. The Morgan fingerprint density at radius 2 is 1.97 bits per heavy atom. The maximum atomic E-state index is 13.3. The van der Waals surface area contributed by atoms with Crippen LogP contribution in [0.3, 0.4) is 0 Å². The molecule has 0 spiro atoms. The highest BCUT2D eigenvalue weighted by atomic mass is 16.5. The minimum absolute atomic E-state index is 0.114. The maximum Gasteiger partial charge on any atom is 0.309 e. The lowest BCUT2D eigenvalue weighted by molar-refractivity contribution is -0.148. The highest BCUT2D eigenvalue weighted by Gasteiger charge is 2.32. The van der Waals surface area contributed by atoms with Crippen LogP contribution in [-0.2, 0) is 22.5 Å². The van der Waals surface area contributed by atoms with Crippen LogP contribution in [0.1, 0.15) is 46.9 Å². The van der Waals surface area contributed by atoms with Gasteiger partial charge in [-0.2, -0.15) is 5.26 Å². The molecule has 9 heteroatoms. The van der Waals surface area contributed by atoms with Crippen molar-refractivity contribution < 1.29 is 14.3 Å². The molecule has 5 rings (SSSR count). The van der Waals surface area contributed by atoms with E-state index in [-0.39, 0.29) is 17.8 Å². The Kier molecular flexibility index (Phi) is 7.08. The predicted molar refractivity (Wildman–Crippen MR) is 136 cm³/mol. The SMILES string of the molecule is CCOC(=O)C1CCN(c2nc(-c3cccnc3)nc3c2CN(C(=O)c2cccc(C#N)c2)CC3)CC1. The number of nitriles is 1. The van der Waals surface area contributed by atoms with E-state index in [4.69, 9.17) is 14.7 Å². The van der Waals surface area contributed by atoms with E-state index in [2.05, 4.69) is 16.0 Å². The lowest BCUT2D eigenvalue weighted by Crippen LogP contribution is -2.41. The number of anilines is 1. The first-order valence-electron chi connectivity index (χ1n) is 12.6. The standard InChI is InChI=1S/C28H28N6O3/c1-2-37-28(36)20-8-12-33(13-9-20)26-23-18-34(27(35)21-6-3-5-19(15-21)16-29)14-10-24(23)31-25(32-26)22-7-4-11-30-17-22/h3-7,11,15,17,20H,2,8-10,12-14,18H2,1H3. The van der Waals surface area contributed by atoms with Gasteiger partial charge in [-0.25, -0.2) is 9.97 Å². The molecule has 2 aliphatic rings. The molecule has 3 aromatic rings. The fourth-order valence-electron chi connectivity index (χ4n) is 4.95. The lowest BCUT2D eigenvalue weighted by Gasteiger charge is -2.36. The summed E-state index contributed by atoms with van der Waals surface area (Å²) in [5.41, 5.74) is 3.63. The smallest absolute Gasteiger partial charge is 0.309 e. The summed E-state index contributed by atoms with van der Waals surface area (Å²) in [6.07, 6.45) is 5.43. The van der Waals surface area contributed by atoms with E-state index in [0.717, 1.165) is 22.6 Å². The number of hydrogen-bond donors (Lipinski definition) is 0. The third kappa shape index (κ3) is 5.14. The van der Waals surface area contributed by atoms with Crippen LogP contribution in [-0.4, -0.2) is 58.0 Å². The van der Waals surface area contributed by atoms with Crippen molar-refractivity contribution in [1.82, 2.24) is 19.9 Å². The largest absolute Gasteiger partial charge is 0.466 e. The molecule has 0 atom stereocenters. The van der Waals surface area contributed by atoms with Crippen molar-refractivity contribution in [3.8, 4) is 17.5 Å². The first kappa shape index (κ1) is 24.4. The number of hydrogen-bond acceptors (Lipinski definition) is 8. The summed E-state index contributed by atoms with van der Waals surface area (Å²) in [7, 11) is 0. The summed E-state index contributed by atoms with van der Waals surface area (Å²) in [4.78, 5) is 43.6. The van der Waals surface area contributed by atoms with Crippen molar-refractivity contribution in [2.75, 3.05) is 31.1 Å². The molecule has 4 heterocycles. The highest BCUT2D eigenvalue weighted by molar-refractivity contribution is 5.94. The van der Waals surface area contributed by atoms with E-state index in [1.807, 2.05) is 19.1 Å². The second-order valence-corrected chi connectivity index (χ2v) is 9.22. The molecule has 9 nitrogen and oxygen atoms in total. The molecule has 1 amide bonds. The molecule has 0 N–H and O–H groups in total. The Balaban J connectivity index is 1.46. The monoisotopic (exact) mass is 496 g/mol. The van der Waals surface area contributed by atoms with Gasteiger partial charge in [-0.15, -0.1) is 0 Å². The van der Waals surface area contributed by atoms with Gasteiger partial charge in [0.05, 0.1) is 36.4 Å². The molecule has 1 aromatic carbocycles. The van der Waals surface area contributed by atoms with Crippen molar-refractivity contribution in [3.05, 3.63) is 71.2 Å². The summed E-state index contributed by atoms with van der Waals surface area (Å²) < 4.78 is 5.23. The Morgan fingerprint density at radius 1 is 1.14 bits per heavy atom. The van der Waals surface area contributed by atoms with Crippen LogP contribution in [0.5, 0.6) is 0 Å². The average molecular weight is 497 g/mol. The van der Waals surface area contributed by atoms with Gasteiger partial charge in [0.25, 0.3) is 5.91 Å². The topological polar surface area (TPSA) is 112 Å². The van der Waals surface area contributed by atoms with Crippen LogP contribution in [0.25, 0.3) is 11.4 Å². The molecule has 37 heavy (non-hydrogen) atoms. The van der Waals surface area contributed by atoms with Gasteiger partial charge in [-0.1, -0.05) is 6.07 Å². The number of benzene rings is 1. The van der Waals surface area contributed by atoms with Gasteiger partial charge in [0.2, 0.25) is 0 Å². The molecule has 0 bridgehead atoms. The summed E-state index contributed by atoms with van der Waals surface area (Å²) in [6, 6.07) is 12.7. The van der Waals surface area contributed by atoms with E-state index >= 15 is 0 Å². The van der Waals surface area contributed by atoms with Gasteiger partial charge in [0, 0.05) is 55.1 Å². The van der Waals surface area contributed by atoms with Crippen molar-refractivity contribution >= 4 is 17.7 Å². The zero-order valence-electron chi connectivity index (χ0n) is 20.8. The summed E-state index contributed by atoms with van der Waals surface area (Å²) in [5.74, 6) is 1.03. The summed E-state index contributed by atoms with van der Waals surface area (Å²) >= 11 is 0. The molecular formula is C28H28N6O3. The van der Waals surface area contributed by atoms with E-state index in [0.29, 0.717) is 69.0 Å². The molecule has 0 radical (unpaired) electrons. The molecule has 0 aliphatic carbocycles. The maximum absolute atomic E-state index is 13.3. The lowest BCUT2D eigenvalue weighted by atomic mass is 9.96. The fraction of sp³-hybridized carbons (Fsp3) is 0.357. The normalized spacial score (nSPS) is 15.6. The van der Waals surface area contributed by atoms with E-state index in [1.165, 1.54) is 0 Å². The Bertz CT molecular complexity index is 1350. The minimum Gasteiger partial charge on any atom is -0.466 e. The number of pyridine rings is 1. The average Bonchev–Trinajstić information content (AvgIpc) is 2.96. The molecule has 1 saturated heterocycles. The number of aromatic nitrogens is 3. The van der Waals surface area contributed by atoms with Crippen LogP contribution in [0.15, 0.2) is 48.8 Å². The van der Waals surface area contributed by atoms with Gasteiger partial charge in [0.1, 0.15) is 5.82 Å². The quantitative estimate of drug-likeness (QED) is 0.494. The zero-order chi connectivity index (χ0) is 25.8. The number of amides is 1. The van der Waals surface area contributed by atoms with Gasteiger partial charge in [-0.05, 0) is 50.1 Å². The van der Waals surface area contributed by atoms with Crippen LogP contribution in [0, 0.1) is 17.2 Å². The van der Waals surface area contributed by atoms with Crippen molar-refractivity contribution in [2.24, 2.45) is 5.92 Å². The van der Waals surface area contributed by atoms with E-state index in [9.17, 15) is 14.9 Å². The molecule has 2 aliphatic heterocycles. The molecule has 0 saturated carbocycles. The number of carbonyl (C=O) groups is 2. The van der Waals surface area contributed by atoms with E-state index < -0.39 is 0 Å². The molecule has 1 fully saturated rings. The van der Waals surface area contributed by atoms with Gasteiger partial charge in [-0.3, -0.25) is 14.6 Å². The van der Waals surface area contributed by atoms with Crippen molar-refractivity contribution in [2.45, 2.75) is 32.7 Å². The second kappa shape index (κ2) is 10.7. The minimum atomic E-state index is -0.140. The number of nitrogens with zero attached hydrogens (tertiary/aromatic N) is 6. The Labute approximate surface area is 215 Å². The number of esters is 1. The predicted octanol–water partition coefficient (Wildman–Crippen LogP) is 3.39. The summed E-state index contributed by atoms with van der Waals surface area (Å²) in [5, 5.41) is 9.24. The number of carbonyl (C=O) groups excluding carboxylic acids is 2. The van der Waals surface area contributed by atoms with Gasteiger partial charge < -0.3 is 14.5 Å². The fourth-order valence-corrected chi connectivity index (χ4v) is 4.95. The molecule has 0 unspecified atom stereocenters. The van der Waals surface area contributed by atoms with Crippen LogP contribution in [0.2, 0.25) is 0 Å². The first-order valence-corrected chi connectivity index (χ1v) is 12.6. The van der Waals surface area contributed by atoms with Crippen molar-refractivity contribution in [3.63, 3.8) is 0 Å². The number of fused-ring (bicyclic) bond motifs is 1. The van der Waals surface area contributed by atoms with Crippen LogP contribution >= 0.6 is 0 Å². The third-order valence-corrected chi connectivity index (χ3v) is 6.90. The Hall–Kier alpha value is -4.32. The van der Waals surface area contributed by atoms with Gasteiger partial charge in [0.15, 0.2) is 5.82 Å². The third-order valence-electron chi connectivity index (χ3n) is 6.90. The van der Waals surface area contributed by atoms with Crippen LogP contribution in [0.4, 0.5) is 5.82 Å². The number of piperidine rings is 1. The van der Waals surface area contributed by atoms with E-state index in [1.54, 1.807) is 41.6 Å². The Morgan fingerprint density at radius 3 is 2.70 bits per heavy atom. The molecule has 2 aromatic heterocycles. The van der Waals surface area contributed by atoms with Crippen molar-refractivity contribution in [1.29, 1.82) is 5.26 Å². The highest BCUT2D eigenvalue weighted by Crippen LogP contribution is 2.32. The molecular weight excluding hydrogens is 468 g/mol. The van der Waals surface area contributed by atoms with Gasteiger partial charge >= 0.3 is 5.97 Å². The molecule has 188 valence electrons.